The molecule has 2 aromatic rings. The minimum Gasteiger partial charge on any atom is -0.364 e. The maximum absolute atomic E-state index is 4.71. The third kappa shape index (κ3) is 0.598. The topological polar surface area (TPSA) is 26.0 Å². The van der Waals surface area contributed by atoms with Crippen LogP contribution in [-0.2, 0) is 0 Å². The van der Waals surface area contributed by atoms with Crippen molar-refractivity contribution in [2.45, 2.75) is 0 Å². The molecule has 0 atom stereocenters. The quantitative estimate of drug-likeness (QED) is 0.528. The fraction of sp³-hybridized carbons (Fsp3) is 0. The molecule has 0 unspecified atom stereocenters. The van der Waals surface area contributed by atoms with Gasteiger partial charge in [0.25, 0.3) is 0 Å². The van der Waals surface area contributed by atoms with E-state index in [-0.39, 0.29) is 0 Å². The number of benzene rings is 1. The van der Waals surface area contributed by atoms with Crippen LogP contribution in [0.25, 0.3) is 10.9 Å². The highest BCUT2D eigenvalue weighted by molar-refractivity contribution is 5.76. The summed E-state index contributed by atoms with van der Waals surface area (Å²) in [6.07, 6.45) is 1.63. The lowest BCUT2D eigenvalue weighted by molar-refractivity contribution is 0.428. The van der Waals surface area contributed by atoms with E-state index in [9.17, 15) is 0 Å². The van der Waals surface area contributed by atoms with E-state index in [0.29, 0.717) is 0 Å². The lowest BCUT2D eigenvalue weighted by Gasteiger charge is -1.78. The van der Waals surface area contributed by atoms with E-state index < -0.39 is 0 Å². The lowest BCUT2D eigenvalue weighted by atomic mass is 10.3. The summed E-state index contributed by atoms with van der Waals surface area (Å²) < 4.78 is 4.71. The summed E-state index contributed by atoms with van der Waals surface area (Å²) in [7, 11) is 0. The molecule has 1 aromatic carbocycles. The van der Waals surface area contributed by atoms with E-state index in [0.717, 1.165) is 10.9 Å². The molecule has 0 radical (unpaired) electrons. The normalized spacial score (nSPS) is 10.2. The standard InChI is InChI=1S/C7H5NO/c1-2-4-7-6(3-1)5-9-8-7/h1-5H. The zero-order valence-electron chi connectivity index (χ0n) is 4.74. The molecule has 2 heteroatoms. The van der Waals surface area contributed by atoms with Gasteiger partial charge in [0.05, 0.1) is 0 Å². The monoisotopic (exact) mass is 119 g/mol. The SMILES string of the molecule is c1ccc2nocc2c1. The van der Waals surface area contributed by atoms with Gasteiger partial charge >= 0.3 is 0 Å². The third-order valence-electron chi connectivity index (χ3n) is 1.27. The Bertz CT molecular complexity index is 283. The summed E-state index contributed by atoms with van der Waals surface area (Å²) >= 11 is 0. The van der Waals surface area contributed by atoms with Crippen molar-refractivity contribution in [3.8, 4) is 0 Å². The maximum Gasteiger partial charge on any atom is 0.131 e. The van der Waals surface area contributed by atoms with Crippen LogP contribution in [0.15, 0.2) is 35.1 Å². The van der Waals surface area contributed by atoms with Gasteiger partial charge in [0.15, 0.2) is 0 Å². The van der Waals surface area contributed by atoms with E-state index in [1.54, 1.807) is 6.26 Å². The smallest absolute Gasteiger partial charge is 0.131 e. The van der Waals surface area contributed by atoms with Crippen molar-refractivity contribution in [2.75, 3.05) is 0 Å². The molecule has 44 valence electrons. The van der Waals surface area contributed by atoms with Gasteiger partial charge in [0.1, 0.15) is 11.8 Å². The first-order chi connectivity index (χ1) is 4.47. The van der Waals surface area contributed by atoms with E-state index >= 15 is 0 Å². The van der Waals surface area contributed by atoms with Crippen molar-refractivity contribution in [3.63, 3.8) is 0 Å². The number of hydrogen-bond donors (Lipinski definition) is 0. The number of rotatable bonds is 0. The number of hydrogen-bond acceptors (Lipinski definition) is 2. The van der Waals surface area contributed by atoms with Gasteiger partial charge in [0.2, 0.25) is 0 Å². The molecule has 0 spiro atoms. The maximum atomic E-state index is 4.71. The van der Waals surface area contributed by atoms with Crippen molar-refractivity contribution in [1.29, 1.82) is 0 Å². The molecular weight excluding hydrogens is 114 g/mol. The largest absolute Gasteiger partial charge is 0.364 e. The van der Waals surface area contributed by atoms with E-state index in [4.69, 9.17) is 4.52 Å². The predicted octanol–water partition coefficient (Wildman–Crippen LogP) is 1.83. The van der Waals surface area contributed by atoms with Crippen molar-refractivity contribution < 1.29 is 4.52 Å². The summed E-state index contributed by atoms with van der Waals surface area (Å²) in [5.74, 6) is 0. The second-order valence-electron chi connectivity index (χ2n) is 1.87. The van der Waals surface area contributed by atoms with Gasteiger partial charge < -0.3 is 4.52 Å². The van der Waals surface area contributed by atoms with Crippen molar-refractivity contribution >= 4 is 10.9 Å². The molecule has 0 amide bonds. The summed E-state index contributed by atoms with van der Waals surface area (Å²) in [4.78, 5) is 0. The van der Waals surface area contributed by atoms with Gasteiger partial charge in [-0.2, -0.15) is 0 Å². The van der Waals surface area contributed by atoms with Crippen molar-refractivity contribution in [1.82, 2.24) is 5.16 Å². The van der Waals surface area contributed by atoms with Crippen LogP contribution in [0.4, 0.5) is 0 Å². The Hall–Kier alpha value is -1.31. The van der Waals surface area contributed by atoms with Gasteiger partial charge in [-0.3, -0.25) is 0 Å². The van der Waals surface area contributed by atoms with E-state index in [1.165, 1.54) is 0 Å². The van der Waals surface area contributed by atoms with Crippen LogP contribution in [0.1, 0.15) is 0 Å². The predicted molar refractivity (Wildman–Crippen MR) is 34.0 cm³/mol. The van der Waals surface area contributed by atoms with E-state index in [1.807, 2.05) is 24.3 Å². The fourth-order valence-corrected chi connectivity index (χ4v) is 0.810. The molecule has 2 nitrogen and oxygen atoms in total. The van der Waals surface area contributed by atoms with Crippen molar-refractivity contribution in [3.05, 3.63) is 30.5 Å². The van der Waals surface area contributed by atoms with Crippen molar-refractivity contribution in [2.24, 2.45) is 0 Å². The van der Waals surface area contributed by atoms with Gasteiger partial charge in [-0.1, -0.05) is 17.3 Å². The van der Waals surface area contributed by atoms with Gasteiger partial charge in [0, 0.05) is 5.39 Å². The lowest BCUT2D eigenvalue weighted by Crippen LogP contribution is -1.61. The van der Waals surface area contributed by atoms with Gasteiger partial charge in [-0.25, -0.2) is 0 Å². The van der Waals surface area contributed by atoms with Crippen LogP contribution in [-0.4, -0.2) is 5.16 Å². The zero-order valence-corrected chi connectivity index (χ0v) is 4.74. The molecule has 2 rings (SSSR count). The van der Waals surface area contributed by atoms with Crippen LogP contribution in [0, 0.1) is 0 Å². The Balaban J connectivity index is 2.95. The van der Waals surface area contributed by atoms with Crippen LogP contribution in [0.5, 0.6) is 0 Å². The van der Waals surface area contributed by atoms with Crippen LogP contribution in [0.3, 0.4) is 0 Å². The summed E-state index contributed by atoms with van der Waals surface area (Å²) in [6, 6.07) is 7.77. The van der Waals surface area contributed by atoms with Gasteiger partial charge in [-0.15, -0.1) is 0 Å². The summed E-state index contributed by atoms with van der Waals surface area (Å²) in [5.41, 5.74) is 0.914. The molecule has 0 aliphatic rings. The van der Waals surface area contributed by atoms with Crippen LogP contribution < -0.4 is 0 Å². The average molecular weight is 119 g/mol. The fourth-order valence-electron chi connectivity index (χ4n) is 0.810. The van der Waals surface area contributed by atoms with Crippen LogP contribution in [0.2, 0.25) is 0 Å². The molecule has 0 aliphatic heterocycles. The first-order valence-corrected chi connectivity index (χ1v) is 2.76. The molecule has 0 saturated heterocycles. The highest BCUT2D eigenvalue weighted by atomic mass is 16.5. The summed E-state index contributed by atoms with van der Waals surface area (Å²) in [5, 5.41) is 4.80. The molecule has 0 N–H and O–H groups in total. The Labute approximate surface area is 52.1 Å². The Morgan fingerprint density at radius 2 is 2.11 bits per heavy atom. The third-order valence-corrected chi connectivity index (χ3v) is 1.27. The molecule has 1 heterocycles. The first-order valence-electron chi connectivity index (χ1n) is 2.76. The Morgan fingerprint density at radius 3 is 3.00 bits per heavy atom. The molecule has 0 saturated carbocycles. The molecule has 9 heavy (non-hydrogen) atoms. The minimum absolute atomic E-state index is 0.914. The molecule has 0 bridgehead atoms. The Morgan fingerprint density at radius 1 is 1.22 bits per heavy atom. The summed E-state index contributed by atoms with van der Waals surface area (Å²) in [6.45, 7) is 0. The molecule has 1 aromatic heterocycles. The zero-order chi connectivity index (χ0) is 6.10. The highest BCUT2D eigenvalue weighted by Crippen LogP contribution is 2.09. The molecular formula is C7H5NO. The number of nitrogens with zero attached hydrogens (tertiary/aromatic N) is 1. The second kappa shape index (κ2) is 1.58. The highest BCUT2D eigenvalue weighted by Gasteiger charge is 1.91. The second-order valence-corrected chi connectivity index (χ2v) is 1.87. The number of aromatic nitrogens is 1. The minimum atomic E-state index is 0.914. The van der Waals surface area contributed by atoms with Crippen LogP contribution >= 0.6 is 0 Å². The molecule has 0 fully saturated rings. The Kier molecular flexibility index (Phi) is 0.803. The first kappa shape index (κ1) is 4.56. The number of fused-ring (bicyclic) bond motifs is 1. The van der Waals surface area contributed by atoms with E-state index in [2.05, 4.69) is 5.16 Å². The van der Waals surface area contributed by atoms with Gasteiger partial charge in [-0.05, 0) is 12.1 Å². The molecule has 0 aliphatic carbocycles. The average Bonchev–Trinajstić information content (AvgIpc) is 2.33.